The van der Waals surface area contributed by atoms with E-state index < -0.39 is 5.91 Å². The van der Waals surface area contributed by atoms with Gasteiger partial charge in [0.1, 0.15) is 5.56 Å². The molecule has 1 fully saturated rings. The van der Waals surface area contributed by atoms with Crippen molar-refractivity contribution in [2.24, 2.45) is 5.41 Å². The maximum Gasteiger partial charge on any atom is 0.268 e. The Morgan fingerprint density at radius 3 is 2.18 bits per heavy atom. The number of nitrogens with one attached hydrogen (secondary N) is 2. The first-order chi connectivity index (χ1) is 15.3. The predicted molar refractivity (Wildman–Crippen MR) is 130 cm³/mol. The Labute approximate surface area is 195 Å². The Balaban J connectivity index is 1.79. The molecule has 0 saturated carbocycles. The Kier molecular flexibility index (Phi) is 5.64. The van der Waals surface area contributed by atoms with Crippen LogP contribution < -0.4 is 16.2 Å². The van der Waals surface area contributed by atoms with E-state index in [2.05, 4.69) is 38.3 Å². The molecule has 1 aromatic heterocycles. The van der Waals surface area contributed by atoms with Crippen molar-refractivity contribution >= 4 is 11.7 Å². The number of pyridine rings is 1. The van der Waals surface area contributed by atoms with E-state index in [4.69, 9.17) is 0 Å². The lowest BCUT2D eigenvalue weighted by molar-refractivity contribution is 0.0871. The number of ketones is 1. The number of amides is 1. The number of Topliss-reactive ketones (excluding diaryl/α,β-unsaturated/α-hetero) is 1. The average Bonchev–Trinajstić information content (AvgIpc) is 2.64. The maximum atomic E-state index is 13.7. The van der Waals surface area contributed by atoms with Gasteiger partial charge >= 0.3 is 0 Å². The number of carbonyl (C=O) groups is 2. The number of para-hydroxylation sites is 1. The number of piperidine rings is 1. The van der Waals surface area contributed by atoms with Gasteiger partial charge in [-0.05, 0) is 70.6 Å². The van der Waals surface area contributed by atoms with Crippen molar-refractivity contribution in [3.05, 3.63) is 63.6 Å². The van der Waals surface area contributed by atoms with Crippen LogP contribution in [0, 0.1) is 5.41 Å². The first kappa shape index (κ1) is 23.4. The number of aromatic nitrogens is 1. The third-order valence-electron chi connectivity index (χ3n) is 6.67. The summed E-state index contributed by atoms with van der Waals surface area (Å²) in [7, 11) is 0. The number of nitrogens with zero attached hydrogens (tertiary/aromatic N) is 1. The van der Waals surface area contributed by atoms with E-state index in [1.54, 1.807) is 4.57 Å². The van der Waals surface area contributed by atoms with E-state index in [1.807, 2.05) is 44.2 Å². The normalized spacial score (nSPS) is 21.3. The summed E-state index contributed by atoms with van der Waals surface area (Å²) in [5.74, 6) is -0.437. The van der Waals surface area contributed by atoms with Crippen molar-refractivity contribution in [2.45, 2.75) is 84.3 Å². The molecule has 6 heteroatoms. The SMILES string of the molecule is CC1(C)CC(=O)c2cc(C(=O)NC3CC(C)(C)NC(C)(C)C3)c(=O)n(-c3ccccc3)c2C1. The number of benzene rings is 1. The van der Waals surface area contributed by atoms with Crippen molar-refractivity contribution in [3.8, 4) is 5.69 Å². The van der Waals surface area contributed by atoms with Crippen molar-refractivity contribution in [1.29, 1.82) is 0 Å². The molecule has 1 amide bonds. The molecule has 4 rings (SSSR count). The largest absolute Gasteiger partial charge is 0.349 e. The van der Waals surface area contributed by atoms with Crippen LogP contribution in [0.2, 0.25) is 0 Å². The zero-order chi connectivity index (χ0) is 24.2. The molecule has 0 spiro atoms. The molecule has 2 heterocycles. The lowest BCUT2D eigenvalue weighted by atomic mass is 9.75. The van der Waals surface area contributed by atoms with Crippen LogP contribution in [0.3, 0.4) is 0 Å². The van der Waals surface area contributed by atoms with Crippen LogP contribution in [0.4, 0.5) is 0 Å². The summed E-state index contributed by atoms with van der Waals surface area (Å²) in [6, 6.07) is 10.7. The van der Waals surface area contributed by atoms with Crippen molar-refractivity contribution in [1.82, 2.24) is 15.2 Å². The monoisotopic (exact) mass is 449 g/mol. The van der Waals surface area contributed by atoms with Gasteiger partial charge in [-0.25, -0.2) is 0 Å². The lowest BCUT2D eigenvalue weighted by Crippen LogP contribution is -2.62. The summed E-state index contributed by atoms with van der Waals surface area (Å²) in [6.07, 6.45) is 2.50. The molecule has 33 heavy (non-hydrogen) atoms. The molecule has 0 atom stereocenters. The highest BCUT2D eigenvalue weighted by molar-refractivity contribution is 6.02. The van der Waals surface area contributed by atoms with E-state index in [0.717, 1.165) is 12.8 Å². The molecule has 2 N–H and O–H groups in total. The second-order valence-electron chi connectivity index (χ2n) is 11.8. The Morgan fingerprint density at radius 2 is 1.58 bits per heavy atom. The second-order valence-corrected chi connectivity index (χ2v) is 11.8. The van der Waals surface area contributed by atoms with E-state index in [-0.39, 0.29) is 39.4 Å². The number of carbonyl (C=O) groups excluding carboxylic acids is 2. The van der Waals surface area contributed by atoms with Gasteiger partial charge in [-0.15, -0.1) is 0 Å². The highest BCUT2D eigenvalue weighted by atomic mass is 16.2. The molecule has 0 unspecified atom stereocenters. The Hall–Kier alpha value is -2.73. The predicted octanol–water partition coefficient (Wildman–Crippen LogP) is 4.03. The van der Waals surface area contributed by atoms with Crippen molar-refractivity contribution < 1.29 is 9.59 Å². The van der Waals surface area contributed by atoms with Gasteiger partial charge in [-0.3, -0.25) is 19.0 Å². The molecule has 1 saturated heterocycles. The minimum absolute atomic E-state index is 0.0240. The number of fused-ring (bicyclic) bond motifs is 1. The molecule has 0 radical (unpaired) electrons. The first-order valence-electron chi connectivity index (χ1n) is 11.7. The molecule has 0 bridgehead atoms. The molecule has 176 valence electrons. The van der Waals surface area contributed by atoms with Crippen molar-refractivity contribution in [2.75, 3.05) is 0 Å². The smallest absolute Gasteiger partial charge is 0.268 e. The Morgan fingerprint density at radius 1 is 0.970 bits per heavy atom. The molecular weight excluding hydrogens is 414 g/mol. The zero-order valence-electron chi connectivity index (χ0n) is 20.5. The number of hydrogen-bond acceptors (Lipinski definition) is 4. The minimum atomic E-state index is -0.413. The highest BCUT2D eigenvalue weighted by Crippen LogP contribution is 2.35. The van der Waals surface area contributed by atoms with Gasteiger partial charge in [0.15, 0.2) is 5.78 Å². The third-order valence-corrected chi connectivity index (χ3v) is 6.67. The van der Waals surface area contributed by atoms with Gasteiger partial charge < -0.3 is 10.6 Å². The van der Waals surface area contributed by atoms with Gasteiger partial charge in [0.05, 0.1) is 0 Å². The van der Waals surface area contributed by atoms with Crippen LogP contribution >= 0.6 is 0 Å². The number of rotatable bonds is 3. The molecule has 1 aliphatic carbocycles. The van der Waals surface area contributed by atoms with E-state index in [9.17, 15) is 14.4 Å². The minimum Gasteiger partial charge on any atom is -0.349 e. The topological polar surface area (TPSA) is 80.2 Å². The van der Waals surface area contributed by atoms with E-state index in [1.165, 1.54) is 6.07 Å². The second kappa shape index (κ2) is 7.94. The standard InChI is InChI=1S/C27H35N3O3/c1-25(2)15-21-19(22(31)16-25)12-20(24(33)30(21)18-10-8-7-9-11-18)23(32)28-17-13-26(3,4)29-27(5,6)14-17/h7-12,17,29H,13-16H2,1-6H3,(H,28,32). The van der Waals surface area contributed by atoms with Gasteiger partial charge in [-0.1, -0.05) is 32.0 Å². The first-order valence-corrected chi connectivity index (χ1v) is 11.7. The van der Waals surface area contributed by atoms with Crippen LogP contribution in [-0.4, -0.2) is 33.4 Å². The van der Waals surface area contributed by atoms with Crippen LogP contribution in [-0.2, 0) is 6.42 Å². The van der Waals surface area contributed by atoms with Crippen LogP contribution in [0.1, 0.15) is 87.2 Å². The van der Waals surface area contributed by atoms with Crippen LogP contribution in [0.5, 0.6) is 0 Å². The van der Waals surface area contributed by atoms with Crippen molar-refractivity contribution in [3.63, 3.8) is 0 Å². The zero-order valence-corrected chi connectivity index (χ0v) is 20.5. The molecular formula is C27H35N3O3. The van der Waals surface area contributed by atoms with E-state index >= 15 is 0 Å². The summed E-state index contributed by atoms with van der Waals surface area (Å²) in [6.45, 7) is 12.6. The van der Waals surface area contributed by atoms with Gasteiger partial charge in [0.25, 0.3) is 11.5 Å². The average molecular weight is 450 g/mol. The molecule has 2 aliphatic rings. The summed E-state index contributed by atoms with van der Waals surface area (Å²) < 4.78 is 1.57. The molecule has 2 aromatic rings. The summed E-state index contributed by atoms with van der Waals surface area (Å²) >= 11 is 0. The lowest BCUT2D eigenvalue weighted by Gasteiger charge is -2.46. The summed E-state index contributed by atoms with van der Waals surface area (Å²) in [5, 5.41) is 6.71. The Bertz CT molecular complexity index is 1140. The molecule has 1 aromatic carbocycles. The molecule has 1 aliphatic heterocycles. The number of hydrogen-bond donors (Lipinski definition) is 2. The van der Waals surface area contributed by atoms with Crippen LogP contribution in [0.15, 0.2) is 41.2 Å². The molecule has 6 nitrogen and oxygen atoms in total. The fourth-order valence-corrected chi connectivity index (χ4v) is 5.81. The highest BCUT2D eigenvalue weighted by Gasteiger charge is 2.39. The van der Waals surface area contributed by atoms with Crippen LogP contribution in [0.25, 0.3) is 5.69 Å². The summed E-state index contributed by atoms with van der Waals surface area (Å²) in [4.78, 5) is 40.2. The van der Waals surface area contributed by atoms with Gasteiger partial charge in [0.2, 0.25) is 0 Å². The quantitative estimate of drug-likeness (QED) is 0.741. The maximum absolute atomic E-state index is 13.7. The fourth-order valence-electron chi connectivity index (χ4n) is 5.81. The third kappa shape index (κ3) is 4.81. The van der Waals surface area contributed by atoms with Gasteiger partial charge in [-0.2, -0.15) is 0 Å². The van der Waals surface area contributed by atoms with E-state index in [0.29, 0.717) is 29.8 Å². The summed E-state index contributed by atoms with van der Waals surface area (Å²) in [5.41, 5.74) is 0.964. The van der Waals surface area contributed by atoms with Gasteiger partial charge in [0, 0.05) is 40.5 Å². The fraction of sp³-hybridized carbons (Fsp3) is 0.519.